The van der Waals surface area contributed by atoms with E-state index in [1.807, 2.05) is 6.07 Å². The largest absolute Gasteiger partial charge is 0.454 e. The first kappa shape index (κ1) is 16.0. The van der Waals surface area contributed by atoms with E-state index >= 15 is 0 Å². The lowest BCUT2D eigenvalue weighted by atomic mass is 9.89. The van der Waals surface area contributed by atoms with Crippen LogP contribution in [-0.4, -0.2) is 12.7 Å². The van der Waals surface area contributed by atoms with Crippen LogP contribution in [-0.2, 0) is 12.7 Å². The van der Waals surface area contributed by atoms with Gasteiger partial charge in [-0.25, -0.2) is 0 Å². The van der Waals surface area contributed by atoms with Gasteiger partial charge in [0.25, 0.3) is 5.91 Å². The number of rotatable bonds is 1. The average molecular weight is 371 g/mol. The molecule has 2 heterocycles. The van der Waals surface area contributed by atoms with Crippen molar-refractivity contribution < 1.29 is 27.4 Å². The van der Waals surface area contributed by atoms with Crippen LogP contribution in [0.25, 0.3) is 21.9 Å². The summed E-state index contributed by atoms with van der Waals surface area (Å²) in [5.41, 5.74) is 1.83. The summed E-state index contributed by atoms with van der Waals surface area (Å²) in [4.78, 5) is 12.2. The summed E-state index contributed by atoms with van der Waals surface area (Å²) >= 11 is 0. The van der Waals surface area contributed by atoms with E-state index < -0.39 is 11.7 Å². The number of carbonyl (C=O) groups excluding carboxylic acids is 1. The fraction of sp³-hybridized carbons (Fsp3) is 0.150. The predicted octanol–water partition coefficient (Wildman–Crippen LogP) is 4.50. The second-order valence-electron chi connectivity index (χ2n) is 6.43. The molecule has 0 spiro atoms. The van der Waals surface area contributed by atoms with Crippen LogP contribution in [0, 0.1) is 0 Å². The third-order valence-corrected chi connectivity index (χ3v) is 4.92. The van der Waals surface area contributed by atoms with Gasteiger partial charge in [0, 0.05) is 17.5 Å². The predicted molar refractivity (Wildman–Crippen MR) is 91.7 cm³/mol. The SMILES string of the molecule is O=C1NCc2c1cc1ccc3c(c1c2-c1ccc(C(F)(F)F)cc1)OCO3. The smallest absolute Gasteiger partial charge is 0.416 e. The van der Waals surface area contributed by atoms with Gasteiger partial charge >= 0.3 is 6.18 Å². The molecule has 0 bridgehead atoms. The van der Waals surface area contributed by atoms with E-state index in [1.54, 1.807) is 12.1 Å². The Morgan fingerprint density at radius 3 is 2.52 bits per heavy atom. The molecule has 0 saturated heterocycles. The number of hydrogen-bond acceptors (Lipinski definition) is 3. The van der Waals surface area contributed by atoms with Crippen LogP contribution in [0.2, 0.25) is 0 Å². The van der Waals surface area contributed by atoms with Crippen LogP contribution < -0.4 is 14.8 Å². The lowest BCUT2D eigenvalue weighted by molar-refractivity contribution is -0.137. The van der Waals surface area contributed by atoms with Crippen molar-refractivity contribution >= 4 is 16.7 Å². The molecule has 0 aromatic heterocycles. The van der Waals surface area contributed by atoms with E-state index in [9.17, 15) is 18.0 Å². The van der Waals surface area contributed by atoms with Crippen molar-refractivity contribution in [2.24, 2.45) is 0 Å². The molecule has 0 aliphatic carbocycles. The molecule has 3 aromatic rings. The molecule has 4 nitrogen and oxygen atoms in total. The topological polar surface area (TPSA) is 47.6 Å². The normalized spacial score (nSPS) is 15.1. The van der Waals surface area contributed by atoms with Gasteiger partial charge < -0.3 is 14.8 Å². The minimum absolute atomic E-state index is 0.0785. The molecule has 0 fully saturated rings. The first-order valence-electron chi connectivity index (χ1n) is 8.27. The highest BCUT2D eigenvalue weighted by atomic mass is 19.4. The van der Waals surface area contributed by atoms with Gasteiger partial charge in [0.15, 0.2) is 11.5 Å². The van der Waals surface area contributed by atoms with Crippen LogP contribution in [0.1, 0.15) is 21.5 Å². The molecule has 2 aliphatic rings. The summed E-state index contributed by atoms with van der Waals surface area (Å²) in [6.07, 6.45) is -4.41. The van der Waals surface area contributed by atoms with Gasteiger partial charge in [-0.3, -0.25) is 4.79 Å². The van der Waals surface area contributed by atoms with Crippen LogP contribution in [0.5, 0.6) is 11.5 Å². The molecule has 3 aromatic carbocycles. The van der Waals surface area contributed by atoms with E-state index in [1.165, 1.54) is 12.1 Å². The van der Waals surface area contributed by atoms with Gasteiger partial charge in [-0.15, -0.1) is 0 Å². The zero-order valence-electron chi connectivity index (χ0n) is 13.8. The first-order valence-corrected chi connectivity index (χ1v) is 8.27. The maximum atomic E-state index is 12.9. The second kappa shape index (κ2) is 5.39. The lowest BCUT2D eigenvalue weighted by Crippen LogP contribution is -2.12. The Labute approximate surface area is 151 Å². The van der Waals surface area contributed by atoms with Crippen molar-refractivity contribution in [1.29, 1.82) is 0 Å². The highest BCUT2D eigenvalue weighted by molar-refractivity contribution is 6.11. The molecule has 0 atom stereocenters. The molecule has 0 radical (unpaired) electrons. The molecule has 0 saturated carbocycles. The maximum Gasteiger partial charge on any atom is 0.416 e. The number of carbonyl (C=O) groups is 1. The Bertz CT molecular complexity index is 1100. The zero-order valence-corrected chi connectivity index (χ0v) is 13.8. The molecular formula is C20H12F3NO3. The third kappa shape index (κ3) is 2.34. The molecule has 27 heavy (non-hydrogen) atoms. The van der Waals surface area contributed by atoms with Crippen molar-refractivity contribution in [3.8, 4) is 22.6 Å². The Balaban J connectivity index is 1.83. The second-order valence-corrected chi connectivity index (χ2v) is 6.43. The Morgan fingerprint density at radius 2 is 1.78 bits per heavy atom. The summed E-state index contributed by atoms with van der Waals surface area (Å²) in [7, 11) is 0. The number of ether oxygens (including phenoxy) is 2. The fourth-order valence-electron chi connectivity index (χ4n) is 3.69. The number of hydrogen-bond donors (Lipinski definition) is 1. The maximum absolute atomic E-state index is 12.9. The Hall–Kier alpha value is -3.22. The van der Waals surface area contributed by atoms with Crippen molar-refractivity contribution in [3.63, 3.8) is 0 Å². The van der Waals surface area contributed by atoms with Gasteiger partial charge in [-0.2, -0.15) is 13.2 Å². The quantitative estimate of drug-likeness (QED) is 0.685. The minimum Gasteiger partial charge on any atom is -0.454 e. The first-order chi connectivity index (χ1) is 12.9. The number of nitrogens with one attached hydrogen (secondary N) is 1. The highest BCUT2D eigenvalue weighted by Gasteiger charge is 2.31. The van der Waals surface area contributed by atoms with E-state index in [0.717, 1.165) is 28.5 Å². The number of amides is 1. The number of benzene rings is 3. The van der Waals surface area contributed by atoms with Gasteiger partial charge in [0.1, 0.15) is 0 Å². The minimum atomic E-state index is -4.41. The third-order valence-electron chi connectivity index (χ3n) is 4.92. The molecule has 7 heteroatoms. The molecule has 1 amide bonds. The van der Waals surface area contributed by atoms with E-state index in [4.69, 9.17) is 9.47 Å². The van der Waals surface area contributed by atoms with Gasteiger partial charge in [-0.05, 0) is 46.3 Å². The summed E-state index contributed by atoms with van der Waals surface area (Å²) in [6, 6.07) is 10.3. The molecular weight excluding hydrogens is 359 g/mol. The molecule has 5 rings (SSSR count). The standard InChI is InChI=1S/C20H12F3NO3/c21-20(22,23)12-4-1-10(2-5-12)16-14-8-24-19(25)13(14)7-11-3-6-15-18(17(11)16)27-9-26-15/h1-7H,8-9H2,(H,24,25). The molecule has 0 unspecified atom stereocenters. The van der Waals surface area contributed by atoms with Crippen LogP contribution in [0.3, 0.4) is 0 Å². The van der Waals surface area contributed by atoms with Crippen LogP contribution >= 0.6 is 0 Å². The van der Waals surface area contributed by atoms with Gasteiger partial charge in [0.2, 0.25) is 6.79 Å². The van der Waals surface area contributed by atoms with Crippen LogP contribution in [0.15, 0.2) is 42.5 Å². The Morgan fingerprint density at radius 1 is 1.00 bits per heavy atom. The monoisotopic (exact) mass is 371 g/mol. The summed E-state index contributed by atoms with van der Waals surface area (Å²) in [6.45, 7) is 0.389. The van der Waals surface area contributed by atoms with Crippen molar-refractivity contribution in [2.45, 2.75) is 12.7 Å². The van der Waals surface area contributed by atoms with Crippen molar-refractivity contribution in [2.75, 3.05) is 6.79 Å². The Kier molecular flexibility index (Phi) is 3.19. The molecule has 136 valence electrons. The number of fused-ring (bicyclic) bond motifs is 4. The molecule has 1 N–H and O–H groups in total. The summed E-state index contributed by atoms with van der Waals surface area (Å²) in [5, 5.41) is 4.29. The van der Waals surface area contributed by atoms with Crippen LogP contribution in [0.4, 0.5) is 13.2 Å². The molecule has 2 aliphatic heterocycles. The number of halogens is 3. The van der Waals surface area contributed by atoms with Crippen molar-refractivity contribution in [3.05, 3.63) is 59.2 Å². The van der Waals surface area contributed by atoms with Crippen molar-refractivity contribution in [1.82, 2.24) is 5.32 Å². The zero-order chi connectivity index (χ0) is 18.8. The van der Waals surface area contributed by atoms with Gasteiger partial charge in [-0.1, -0.05) is 18.2 Å². The fourth-order valence-corrected chi connectivity index (χ4v) is 3.69. The average Bonchev–Trinajstić information content (AvgIpc) is 3.26. The number of alkyl halides is 3. The summed E-state index contributed by atoms with van der Waals surface area (Å²) < 4.78 is 49.9. The summed E-state index contributed by atoms with van der Waals surface area (Å²) in [5.74, 6) is 0.926. The highest BCUT2D eigenvalue weighted by Crippen LogP contribution is 2.47. The van der Waals surface area contributed by atoms with E-state index in [-0.39, 0.29) is 12.7 Å². The van der Waals surface area contributed by atoms with E-state index in [0.29, 0.717) is 34.7 Å². The lowest BCUT2D eigenvalue weighted by Gasteiger charge is -2.15. The van der Waals surface area contributed by atoms with Gasteiger partial charge in [0.05, 0.1) is 5.56 Å². The van der Waals surface area contributed by atoms with E-state index in [2.05, 4.69) is 5.32 Å².